The van der Waals surface area contributed by atoms with Gasteiger partial charge in [0, 0.05) is 25.4 Å². The van der Waals surface area contributed by atoms with E-state index < -0.39 is 0 Å². The summed E-state index contributed by atoms with van der Waals surface area (Å²) in [6, 6.07) is 16.9. The largest absolute Gasteiger partial charge is 0.494 e. The Morgan fingerprint density at radius 2 is 1.71 bits per heavy atom. The van der Waals surface area contributed by atoms with Crippen molar-refractivity contribution in [2.24, 2.45) is 5.92 Å². The third-order valence-electron chi connectivity index (χ3n) is 6.23. The van der Waals surface area contributed by atoms with Crippen molar-refractivity contribution in [1.82, 2.24) is 14.9 Å². The highest BCUT2D eigenvalue weighted by Crippen LogP contribution is 2.20. The fourth-order valence-electron chi connectivity index (χ4n) is 4.08. The zero-order valence-corrected chi connectivity index (χ0v) is 21.3. The summed E-state index contributed by atoms with van der Waals surface area (Å²) in [5, 5.41) is 3.00. The second-order valence-corrected chi connectivity index (χ2v) is 9.70. The number of hydrogen-bond donors (Lipinski definition) is 1. The van der Waals surface area contributed by atoms with Gasteiger partial charge in [-0.2, -0.15) is 0 Å². The number of amides is 1. The summed E-state index contributed by atoms with van der Waals surface area (Å²) in [6.07, 6.45) is 6.20. The lowest BCUT2D eigenvalue weighted by atomic mass is 10.0. The first-order valence-electron chi connectivity index (χ1n) is 12.9. The van der Waals surface area contributed by atoms with Crippen molar-refractivity contribution >= 4 is 16.9 Å². The van der Waals surface area contributed by atoms with Gasteiger partial charge in [0.05, 0.1) is 17.6 Å². The Balaban J connectivity index is 1.45. The number of hydrogen-bond acceptors (Lipinski definition) is 3. The molecule has 0 atom stereocenters. The maximum absolute atomic E-state index is 11.7. The predicted molar refractivity (Wildman–Crippen MR) is 140 cm³/mol. The number of nitrogens with one attached hydrogen (secondary N) is 1. The lowest BCUT2D eigenvalue weighted by Crippen LogP contribution is -2.28. The lowest BCUT2D eigenvalue weighted by Gasteiger charge is -2.11. The second-order valence-electron chi connectivity index (χ2n) is 9.70. The van der Waals surface area contributed by atoms with Gasteiger partial charge in [-0.1, -0.05) is 58.4 Å². The van der Waals surface area contributed by atoms with E-state index in [1.165, 1.54) is 11.1 Å². The van der Waals surface area contributed by atoms with Crippen molar-refractivity contribution < 1.29 is 9.53 Å². The molecule has 0 aliphatic carbocycles. The molecule has 2 aromatic carbocycles. The molecule has 0 radical (unpaired) electrons. The van der Waals surface area contributed by atoms with E-state index in [-0.39, 0.29) is 11.8 Å². The summed E-state index contributed by atoms with van der Waals surface area (Å²) in [6.45, 7) is 10.7. The molecule has 0 saturated heterocycles. The molecule has 0 aliphatic rings. The Morgan fingerprint density at radius 3 is 2.44 bits per heavy atom. The molecule has 1 aromatic heterocycles. The summed E-state index contributed by atoms with van der Waals surface area (Å²) >= 11 is 0. The molecule has 0 saturated carbocycles. The Bertz CT molecular complexity index is 1020. The lowest BCUT2D eigenvalue weighted by molar-refractivity contribution is -0.123. The first-order valence-corrected chi connectivity index (χ1v) is 12.9. The summed E-state index contributed by atoms with van der Waals surface area (Å²) in [5.41, 5.74) is 3.63. The Labute approximate surface area is 204 Å². The number of imidazole rings is 1. The molecule has 184 valence electrons. The molecule has 1 heterocycles. The minimum Gasteiger partial charge on any atom is -0.494 e. The molecule has 5 nitrogen and oxygen atoms in total. The quantitative estimate of drug-likeness (QED) is 0.278. The number of aromatic nitrogens is 2. The van der Waals surface area contributed by atoms with Crippen molar-refractivity contribution in [2.75, 3.05) is 13.2 Å². The monoisotopic (exact) mass is 463 g/mol. The van der Waals surface area contributed by atoms with Crippen LogP contribution in [-0.2, 0) is 17.8 Å². The first-order chi connectivity index (χ1) is 16.5. The normalized spacial score (nSPS) is 11.5. The molecule has 1 amide bonds. The van der Waals surface area contributed by atoms with E-state index in [1.54, 1.807) is 0 Å². The zero-order valence-electron chi connectivity index (χ0n) is 21.3. The fraction of sp³-hybridized carbons (Fsp3) is 0.517. The standard InChI is InChI=1S/C29H41N3O2/c1-22(2)24-15-17-25(18-16-24)34-21-11-10-20-32-27-13-8-7-12-26(27)31-28(32)14-6-5-9-19-30-29(33)23(3)4/h7-8,12-13,15-18,22-23H,5-6,9-11,14,19-21H2,1-4H3,(H,30,33). The van der Waals surface area contributed by atoms with Crippen LogP contribution in [0.5, 0.6) is 5.75 Å². The van der Waals surface area contributed by atoms with Gasteiger partial charge in [0.15, 0.2) is 0 Å². The smallest absolute Gasteiger partial charge is 0.222 e. The van der Waals surface area contributed by atoms with Crippen molar-refractivity contribution in [2.45, 2.75) is 78.7 Å². The highest BCUT2D eigenvalue weighted by molar-refractivity contribution is 5.77. The van der Waals surface area contributed by atoms with Gasteiger partial charge in [-0.3, -0.25) is 4.79 Å². The van der Waals surface area contributed by atoms with Crippen LogP contribution in [0.4, 0.5) is 0 Å². The maximum Gasteiger partial charge on any atom is 0.222 e. The Kier molecular flexibility index (Phi) is 9.99. The number of para-hydroxylation sites is 2. The fourth-order valence-corrected chi connectivity index (χ4v) is 4.08. The summed E-state index contributed by atoms with van der Waals surface area (Å²) < 4.78 is 8.34. The van der Waals surface area contributed by atoms with Crippen LogP contribution in [0.15, 0.2) is 48.5 Å². The SMILES string of the molecule is CC(C)C(=O)NCCCCCc1nc2ccccc2n1CCCCOc1ccc(C(C)C)cc1. The summed E-state index contributed by atoms with van der Waals surface area (Å²) in [7, 11) is 0. The maximum atomic E-state index is 11.7. The topological polar surface area (TPSA) is 56.2 Å². The third-order valence-corrected chi connectivity index (χ3v) is 6.23. The number of nitrogens with zero attached hydrogens (tertiary/aromatic N) is 2. The van der Waals surface area contributed by atoms with Gasteiger partial charge >= 0.3 is 0 Å². The van der Waals surface area contributed by atoms with Crippen LogP contribution < -0.4 is 10.1 Å². The average Bonchev–Trinajstić information content (AvgIpc) is 3.18. The molecule has 0 unspecified atom stereocenters. The van der Waals surface area contributed by atoms with Crippen LogP contribution in [0.3, 0.4) is 0 Å². The van der Waals surface area contributed by atoms with Crippen LogP contribution in [0.1, 0.15) is 77.1 Å². The zero-order chi connectivity index (χ0) is 24.3. The van der Waals surface area contributed by atoms with Crippen LogP contribution in [0, 0.1) is 5.92 Å². The van der Waals surface area contributed by atoms with Gasteiger partial charge in [0.1, 0.15) is 11.6 Å². The Hall–Kier alpha value is -2.82. The number of fused-ring (bicyclic) bond motifs is 1. The van der Waals surface area contributed by atoms with E-state index >= 15 is 0 Å². The van der Waals surface area contributed by atoms with Gasteiger partial charge in [-0.25, -0.2) is 4.98 Å². The number of aryl methyl sites for hydroxylation is 2. The molecule has 3 aromatic rings. The van der Waals surface area contributed by atoms with Crippen LogP contribution in [0.25, 0.3) is 11.0 Å². The molecule has 34 heavy (non-hydrogen) atoms. The van der Waals surface area contributed by atoms with Gasteiger partial charge in [-0.05, 0) is 61.4 Å². The molecular weight excluding hydrogens is 422 g/mol. The summed E-state index contributed by atoms with van der Waals surface area (Å²) in [4.78, 5) is 16.6. The molecule has 3 rings (SSSR count). The third kappa shape index (κ3) is 7.61. The number of carbonyl (C=O) groups is 1. The van der Waals surface area contributed by atoms with E-state index in [0.29, 0.717) is 5.92 Å². The van der Waals surface area contributed by atoms with Crippen molar-refractivity contribution in [1.29, 1.82) is 0 Å². The molecule has 5 heteroatoms. The minimum absolute atomic E-state index is 0.0516. The van der Waals surface area contributed by atoms with Crippen LogP contribution in [0.2, 0.25) is 0 Å². The van der Waals surface area contributed by atoms with E-state index in [9.17, 15) is 4.79 Å². The van der Waals surface area contributed by atoms with Gasteiger partial charge in [0.2, 0.25) is 5.91 Å². The van der Waals surface area contributed by atoms with Crippen LogP contribution >= 0.6 is 0 Å². The van der Waals surface area contributed by atoms with E-state index in [2.05, 4.69) is 72.3 Å². The van der Waals surface area contributed by atoms with E-state index in [1.807, 2.05) is 13.8 Å². The molecule has 0 fully saturated rings. The second kappa shape index (κ2) is 13.2. The Morgan fingerprint density at radius 1 is 0.941 bits per heavy atom. The van der Waals surface area contributed by atoms with Gasteiger partial charge < -0.3 is 14.6 Å². The minimum atomic E-state index is 0.0516. The van der Waals surface area contributed by atoms with Crippen molar-refractivity contribution in [3.63, 3.8) is 0 Å². The van der Waals surface area contributed by atoms with Crippen LogP contribution in [-0.4, -0.2) is 28.6 Å². The highest BCUT2D eigenvalue weighted by atomic mass is 16.5. The van der Waals surface area contributed by atoms with E-state index in [4.69, 9.17) is 9.72 Å². The molecular formula is C29H41N3O2. The van der Waals surface area contributed by atoms with Gasteiger partial charge in [-0.15, -0.1) is 0 Å². The number of ether oxygens (including phenoxy) is 1. The predicted octanol–water partition coefficient (Wildman–Crippen LogP) is 6.50. The molecule has 0 bridgehead atoms. The molecule has 0 spiro atoms. The molecule has 1 N–H and O–H groups in total. The van der Waals surface area contributed by atoms with Gasteiger partial charge in [0.25, 0.3) is 0 Å². The molecule has 0 aliphatic heterocycles. The first kappa shape index (κ1) is 25.8. The number of rotatable bonds is 14. The number of carbonyl (C=O) groups excluding carboxylic acids is 1. The number of unbranched alkanes of at least 4 members (excludes halogenated alkanes) is 3. The van der Waals surface area contributed by atoms with E-state index in [0.717, 1.165) is 75.3 Å². The summed E-state index contributed by atoms with van der Waals surface area (Å²) in [5.74, 6) is 2.84. The number of benzene rings is 2. The van der Waals surface area contributed by atoms with Crippen molar-refractivity contribution in [3.05, 3.63) is 59.9 Å². The highest BCUT2D eigenvalue weighted by Gasteiger charge is 2.10. The average molecular weight is 464 g/mol. The van der Waals surface area contributed by atoms with Crippen molar-refractivity contribution in [3.8, 4) is 5.75 Å².